The summed E-state index contributed by atoms with van der Waals surface area (Å²) in [5.74, 6) is 0.714. The molecule has 2 unspecified atom stereocenters. The third-order valence-corrected chi connectivity index (χ3v) is 3.13. The van der Waals surface area contributed by atoms with Gasteiger partial charge in [0.2, 0.25) is 0 Å². The molecule has 1 aromatic heterocycles. The van der Waals surface area contributed by atoms with Crippen LogP contribution in [-0.4, -0.2) is 16.3 Å². The van der Waals surface area contributed by atoms with Gasteiger partial charge in [0.05, 0.1) is 6.20 Å². The van der Waals surface area contributed by atoms with Gasteiger partial charge < -0.3 is 5.32 Å². The zero-order valence-electron chi connectivity index (χ0n) is 11.7. The lowest BCUT2D eigenvalue weighted by atomic mass is 10.1. The Hall–Kier alpha value is -0.830. The van der Waals surface area contributed by atoms with Crippen LogP contribution in [0.3, 0.4) is 0 Å². The lowest BCUT2D eigenvalue weighted by molar-refractivity contribution is 0.420. The first-order valence-corrected chi connectivity index (χ1v) is 6.93. The molecule has 98 valence electrons. The van der Waals surface area contributed by atoms with Crippen LogP contribution < -0.4 is 5.32 Å². The normalized spacial score (nSPS) is 14.8. The Morgan fingerprint density at radius 1 is 1.29 bits per heavy atom. The van der Waals surface area contributed by atoms with Gasteiger partial charge in [0.15, 0.2) is 0 Å². The predicted octanol–water partition coefficient (Wildman–Crippen LogP) is 3.38. The quantitative estimate of drug-likeness (QED) is 0.751. The fraction of sp³-hybridized carbons (Fsp3) is 0.786. The topological polar surface area (TPSA) is 29.9 Å². The number of aromatic nitrogens is 2. The fourth-order valence-electron chi connectivity index (χ4n) is 2.09. The summed E-state index contributed by atoms with van der Waals surface area (Å²) in [5.41, 5.74) is 1.29. The summed E-state index contributed by atoms with van der Waals surface area (Å²) in [5, 5.41) is 7.93. The second kappa shape index (κ2) is 7.49. The van der Waals surface area contributed by atoms with Gasteiger partial charge in [-0.15, -0.1) is 0 Å². The van der Waals surface area contributed by atoms with Crippen LogP contribution in [-0.2, 0) is 6.54 Å². The number of hydrogen-bond donors (Lipinski definition) is 1. The van der Waals surface area contributed by atoms with Crippen molar-refractivity contribution in [1.29, 1.82) is 0 Å². The largest absolute Gasteiger partial charge is 0.310 e. The summed E-state index contributed by atoms with van der Waals surface area (Å²) >= 11 is 0. The standard InChI is InChI=1S/C14H27N3/c1-5-7-12(3)10-17-11-14(9-16-17)13(4)15-8-6-2/h9,11-13,15H,5-8,10H2,1-4H3. The average molecular weight is 237 g/mol. The second-order valence-electron chi connectivity index (χ2n) is 5.07. The molecule has 3 nitrogen and oxygen atoms in total. The smallest absolute Gasteiger partial charge is 0.0537 e. The summed E-state index contributed by atoms with van der Waals surface area (Å²) in [7, 11) is 0. The molecule has 0 saturated carbocycles. The molecule has 0 aromatic carbocycles. The molecule has 0 fully saturated rings. The molecule has 0 amide bonds. The van der Waals surface area contributed by atoms with E-state index < -0.39 is 0 Å². The maximum atomic E-state index is 4.44. The van der Waals surface area contributed by atoms with Gasteiger partial charge in [-0.1, -0.05) is 27.2 Å². The van der Waals surface area contributed by atoms with E-state index in [9.17, 15) is 0 Å². The first-order chi connectivity index (χ1) is 8.17. The SMILES string of the molecule is CCCNC(C)c1cnn(CC(C)CCC)c1. The van der Waals surface area contributed by atoms with Crippen molar-refractivity contribution in [1.82, 2.24) is 15.1 Å². The van der Waals surface area contributed by atoms with Gasteiger partial charge in [0.25, 0.3) is 0 Å². The molecular formula is C14H27N3. The van der Waals surface area contributed by atoms with E-state index in [1.54, 1.807) is 0 Å². The molecular weight excluding hydrogens is 210 g/mol. The van der Waals surface area contributed by atoms with Gasteiger partial charge >= 0.3 is 0 Å². The Kier molecular flexibility index (Phi) is 6.27. The molecule has 3 heteroatoms. The number of hydrogen-bond acceptors (Lipinski definition) is 2. The summed E-state index contributed by atoms with van der Waals surface area (Å²) in [4.78, 5) is 0. The summed E-state index contributed by atoms with van der Waals surface area (Å²) in [6.45, 7) is 11.0. The zero-order valence-corrected chi connectivity index (χ0v) is 11.7. The van der Waals surface area contributed by atoms with Crippen molar-refractivity contribution in [3.05, 3.63) is 18.0 Å². The highest BCUT2D eigenvalue weighted by molar-refractivity contribution is 5.09. The van der Waals surface area contributed by atoms with Crippen LogP contribution in [0.4, 0.5) is 0 Å². The van der Waals surface area contributed by atoms with Gasteiger partial charge in [0.1, 0.15) is 0 Å². The first-order valence-electron chi connectivity index (χ1n) is 6.93. The van der Waals surface area contributed by atoms with Gasteiger partial charge in [0, 0.05) is 24.3 Å². The van der Waals surface area contributed by atoms with Crippen molar-refractivity contribution in [3.63, 3.8) is 0 Å². The molecule has 1 N–H and O–H groups in total. The monoisotopic (exact) mass is 237 g/mol. The van der Waals surface area contributed by atoms with E-state index in [1.807, 2.05) is 6.20 Å². The Morgan fingerprint density at radius 3 is 2.71 bits per heavy atom. The van der Waals surface area contributed by atoms with Crippen molar-refractivity contribution in [2.24, 2.45) is 5.92 Å². The van der Waals surface area contributed by atoms with Crippen LogP contribution in [0.5, 0.6) is 0 Å². The van der Waals surface area contributed by atoms with Crippen LogP contribution in [0, 0.1) is 5.92 Å². The van der Waals surface area contributed by atoms with E-state index in [2.05, 4.69) is 49.0 Å². The van der Waals surface area contributed by atoms with E-state index in [1.165, 1.54) is 24.8 Å². The molecule has 0 bridgehead atoms. The lowest BCUT2D eigenvalue weighted by Gasteiger charge is -2.11. The predicted molar refractivity (Wildman–Crippen MR) is 73.0 cm³/mol. The Balaban J connectivity index is 2.46. The third-order valence-electron chi connectivity index (χ3n) is 3.13. The van der Waals surface area contributed by atoms with Crippen LogP contribution in [0.1, 0.15) is 58.6 Å². The maximum absolute atomic E-state index is 4.44. The van der Waals surface area contributed by atoms with E-state index >= 15 is 0 Å². The van der Waals surface area contributed by atoms with Gasteiger partial charge in [-0.25, -0.2) is 0 Å². The van der Waals surface area contributed by atoms with Gasteiger partial charge in [-0.3, -0.25) is 4.68 Å². The van der Waals surface area contributed by atoms with E-state index in [0.717, 1.165) is 13.1 Å². The summed E-state index contributed by atoms with van der Waals surface area (Å²) in [6, 6.07) is 0.408. The molecule has 0 spiro atoms. The fourth-order valence-corrected chi connectivity index (χ4v) is 2.09. The van der Waals surface area contributed by atoms with Crippen LogP contribution in [0.15, 0.2) is 12.4 Å². The highest BCUT2D eigenvalue weighted by Gasteiger charge is 2.08. The van der Waals surface area contributed by atoms with Crippen molar-refractivity contribution < 1.29 is 0 Å². The minimum absolute atomic E-state index is 0.408. The molecule has 1 rings (SSSR count). The number of nitrogens with one attached hydrogen (secondary N) is 1. The maximum Gasteiger partial charge on any atom is 0.0537 e. The van der Waals surface area contributed by atoms with Gasteiger partial charge in [-0.05, 0) is 32.2 Å². The van der Waals surface area contributed by atoms with E-state index in [0.29, 0.717) is 12.0 Å². The van der Waals surface area contributed by atoms with Crippen LogP contribution >= 0.6 is 0 Å². The third kappa shape index (κ3) is 4.90. The Labute approximate surface area is 106 Å². The molecule has 2 atom stereocenters. The minimum Gasteiger partial charge on any atom is -0.310 e. The molecule has 1 aromatic rings. The molecule has 1 heterocycles. The molecule has 17 heavy (non-hydrogen) atoms. The van der Waals surface area contributed by atoms with Crippen molar-refractivity contribution >= 4 is 0 Å². The molecule has 0 aliphatic carbocycles. The highest BCUT2D eigenvalue weighted by Crippen LogP contribution is 2.13. The van der Waals surface area contributed by atoms with Crippen molar-refractivity contribution in [2.45, 2.75) is 59.5 Å². The lowest BCUT2D eigenvalue weighted by Crippen LogP contribution is -2.18. The van der Waals surface area contributed by atoms with Crippen molar-refractivity contribution in [2.75, 3.05) is 6.54 Å². The number of rotatable bonds is 8. The Bertz CT molecular complexity index is 306. The molecule has 0 aliphatic rings. The minimum atomic E-state index is 0.408. The number of nitrogens with zero attached hydrogens (tertiary/aromatic N) is 2. The molecule has 0 aliphatic heterocycles. The molecule has 0 radical (unpaired) electrons. The van der Waals surface area contributed by atoms with Crippen LogP contribution in [0.2, 0.25) is 0 Å². The first kappa shape index (κ1) is 14.2. The van der Waals surface area contributed by atoms with E-state index in [-0.39, 0.29) is 0 Å². The summed E-state index contributed by atoms with van der Waals surface area (Å²) in [6.07, 6.45) is 7.88. The zero-order chi connectivity index (χ0) is 12.7. The van der Waals surface area contributed by atoms with Gasteiger partial charge in [-0.2, -0.15) is 5.10 Å². The highest BCUT2D eigenvalue weighted by atomic mass is 15.3. The molecule has 0 saturated heterocycles. The van der Waals surface area contributed by atoms with Crippen molar-refractivity contribution in [3.8, 4) is 0 Å². The average Bonchev–Trinajstić information content (AvgIpc) is 2.74. The summed E-state index contributed by atoms with van der Waals surface area (Å²) < 4.78 is 2.08. The van der Waals surface area contributed by atoms with E-state index in [4.69, 9.17) is 0 Å². The van der Waals surface area contributed by atoms with Crippen LogP contribution in [0.25, 0.3) is 0 Å². The second-order valence-corrected chi connectivity index (χ2v) is 5.07. The Morgan fingerprint density at radius 2 is 2.06 bits per heavy atom.